The van der Waals surface area contributed by atoms with Crippen LogP contribution >= 0.6 is 0 Å². The van der Waals surface area contributed by atoms with Crippen LogP contribution < -0.4 is 4.73 Å². The van der Waals surface area contributed by atoms with Gasteiger partial charge in [0.05, 0.1) is 17.3 Å². The van der Waals surface area contributed by atoms with Crippen LogP contribution in [0.15, 0.2) is 47.3 Å². The van der Waals surface area contributed by atoms with Gasteiger partial charge in [-0.2, -0.15) is 23.0 Å². The van der Waals surface area contributed by atoms with Crippen LogP contribution in [-0.4, -0.2) is 14.7 Å². The van der Waals surface area contributed by atoms with E-state index in [-0.39, 0.29) is 16.2 Å². The first kappa shape index (κ1) is 15.5. The fraction of sp³-hybridized carbons (Fsp3) is 0.0769. The number of rotatable bonds is 3. The summed E-state index contributed by atoms with van der Waals surface area (Å²) >= 11 is 0. The highest BCUT2D eigenvalue weighted by Crippen LogP contribution is 2.34. The van der Waals surface area contributed by atoms with Crippen LogP contribution in [0.3, 0.4) is 0 Å². The second-order valence-electron chi connectivity index (χ2n) is 4.63. The van der Waals surface area contributed by atoms with Crippen molar-refractivity contribution in [1.82, 2.24) is 9.78 Å². The lowest BCUT2D eigenvalue weighted by atomic mass is 10.2. The third kappa shape index (κ3) is 2.66. The SMILES string of the molecule is O=[N+]([O-])c1cc[n+]([O-])cc1-n1nc(C(F)(F)F)cc1-c1ccco1. The van der Waals surface area contributed by atoms with Gasteiger partial charge in [0.15, 0.2) is 17.7 Å². The molecule has 0 spiro atoms. The Morgan fingerprint density at radius 3 is 2.67 bits per heavy atom. The molecule has 0 aliphatic carbocycles. The fourth-order valence-electron chi connectivity index (χ4n) is 2.08. The summed E-state index contributed by atoms with van der Waals surface area (Å²) in [7, 11) is 0. The fourth-order valence-corrected chi connectivity index (χ4v) is 2.08. The number of halogens is 3. The van der Waals surface area contributed by atoms with E-state index in [1.807, 2.05) is 0 Å². The highest BCUT2D eigenvalue weighted by molar-refractivity contribution is 5.60. The van der Waals surface area contributed by atoms with Crippen LogP contribution in [0.2, 0.25) is 0 Å². The van der Waals surface area contributed by atoms with Crippen LogP contribution in [0.25, 0.3) is 17.1 Å². The molecule has 24 heavy (non-hydrogen) atoms. The normalized spacial score (nSPS) is 11.6. The first-order chi connectivity index (χ1) is 11.3. The number of aromatic nitrogens is 3. The van der Waals surface area contributed by atoms with Crippen LogP contribution in [0.1, 0.15) is 5.69 Å². The van der Waals surface area contributed by atoms with Gasteiger partial charge in [0.25, 0.3) is 0 Å². The average molecular weight is 340 g/mol. The number of pyridine rings is 1. The quantitative estimate of drug-likeness (QED) is 0.316. The Bertz CT molecular complexity index is 903. The van der Waals surface area contributed by atoms with Gasteiger partial charge in [-0.3, -0.25) is 10.1 Å². The topological polar surface area (TPSA) is 101 Å². The van der Waals surface area contributed by atoms with Gasteiger partial charge in [-0.05, 0) is 12.1 Å². The molecule has 0 bridgehead atoms. The van der Waals surface area contributed by atoms with E-state index in [2.05, 4.69) is 5.10 Å². The third-order valence-electron chi connectivity index (χ3n) is 3.09. The molecule has 3 aromatic heterocycles. The molecule has 0 unspecified atom stereocenters. The van der Waals surface area contributed by atoms with E-state index >= 15 is 0 Å². The Kier molecular flexibility index (Phi) is 3.47. The Hall–Kier alpha value is -3.37. The molecule has 0 saturated heterocycles. The van der Waals surface area contributed by atoms with E-state index < -0.39 is 28.2 Å². The highest BCUT2D eigenvalue weighted by atomic mass is 19.4. The van der Waals surface area contributed by atoms with Crippen molar-refractivity contribution in [2.24, 2.45) is 0 Å². The lowest BCUT2D eigenvalue weighted by Crippen LogP contribution is -2.26. The molecule has 0 atom stereocenters. The van der Waals surface area contributed by atoms with Crippen LogP contribution in [0, 0.1) is 15.3 Å². The second-order valence-corrected chi connectivity index (χ2v) is 4.63. The summed E-state index contributed by atoms with van der Waals surface area (Å²) in [5.41, 5.74) is -2.45. The molecular weight excluding hydrogens is 333 g/mol. The summed E-state index contributed by atoms with van der Waals surface area (Å²) < 4.78 is 44.9. The molecule has 3 aromatic rings. The second kappa shape index (κ2) is 5.37. The van der Waals surface area contributed by atoms with Crippen molar-refractivity contribution in [3.05, 3.63) is 63.9 Å². The molecule has 0 aliphatic rings. The lowest BCUT2D eigenvalue weighted by molar-refractivity contribution is -0.605. The van der Waals surface area contributed by atoms with Gasteiger partial charge in [0.1, 0.15) is 5.69 Å². The molecule has 0 aliphatic heterocycles. The molecular formula is C13H7F3N4O4. The zero-order chi connectivity index (χ0) is 17.5. The molecule has 0 amide bonds. The summed E-state index contributed by atoms with van der Waals surface area (Å²) in [5, 5.41) is 25.9. The predicted molar refractivity (Wildman–Crippen MR) is 71.9 cm³/mol. The van der Waals surface area contributed by atoms with Gasteiger partial charge in [-0.25, -0.2) is 4.68 Å². The zero-order valence-corrected chi connectivity index (χ0v) is 11.6. The van der Waals surface area contributed by atoms with Crippen molar-refractivity contribution < 1.29 is 27.2 Å². The maximum Gasteiger partial charge on any atom is 0.435 e. The Labute approximate surface area is 131 Å². The average Bonchev–Trinajstić information content (AvgIpc) is 3.15. The Morgan fingerprint density at radius 2 is 2.08 bits per heavy atom. The number of nitrogens with zero attached hydrogens (tertiary/aromatic N) is 4. The minimum absolute atomic E-state index is 0.00796. The van der Waals surface area contributed by atoms with E-state index in [0.717, 1.165) is 18.5 Å². The molecule has 0 N–H and O–H groups in total. The van der Waals surface area contributed by atoms with E-state index in [1.165, 1.54) is 18.4 Å². The molecule has 0 aromatic carbocycles. The molecule has 3 heterocycles. The molecule has 3 rings (SSSR count). The number of alkyl halides is 3. The summed E-state index contributed by atoms with van der Waals surface area (Å²) in [6, 6.07) is 4.37. The van der Waals surface area contributed by atoms with Gasteiger partial charge < -0.3 is 9.62 Å². The van der Waals surface area contributed by atoms with E-state index in [9.17, 15) is 28.5 Å². The maximum atomic E-state index is 13.0. The predicted octanol–water partition coefficient (Wildman–Crippen LogP) is 2.69. The monoisotopic (exact) mass is 340 g/mol. The van der Waals surface area contributed by atoms with Crippen molar-refractivity contribution in [2.45, 2.75) is 6.18 Å². The first-order valence-electron chi connectivity index (χ1n) is 6.36. The molecule has 0 radical (unpaired) electrons. The van der Waals surface area contributed by atoms with Gasteiger partial charge in [-0.1, -0.05) is 0 Å². The van der Waals surface area contributed by atoms with Crippen molar-refractivity contribution >= 4 is 5.69 Å². The van der Waals surface area contributed by atoms with Crippen LogP contribution in [-0.2, 0) is 6.18 Å². The number of hydrogen-bond donors (Lipinski definition) is 0. The summed E-state index contributed by atoms with van der Waals surface area (Å²) in [4.78, 5) is 10.3. The third-order valence-corrected chi connectivity index (χ3v) is 3.09. The Morgan fingerprint density at radius 1 is 1.33 bits per heavy atom. The van der Waals surface area contributed by atoms with E-state index in [0.29, 0.717) is 10.7 Å². The first-order valence-corrected chi connectivity index (χ1v) is 6.36. The number of hydrogen-bond acceptors (Lipinski definition) is 5. The van der Waals surface area contributed by atoms with E-state index in [1.54, 1.807) is 0 Å². The van der Waals surface area contributed by atoms with Gasteiger partial charge >= 0.3 is 11.9 Å². The minimum atomic E-state index is -4.77. The van der Waals surface area contributed by atoms with E-state index in [4.69, 9.17) is 4.42 Å². The smallest absolute Gasteiger partial charge is 0.435 e. The van der Waals surface area contributed by atoms with Crippen molar-refractivity contribution in [3.8, 4) is 17.1 Å². The van der Waals surface area contributed by atoms with Gasteiger partial charge in [0.2, 0.25) is 11.9 Å². The van der Waals surface area contributed by atoms with Gasteiger partial charge in [-0.15, -0.1) is 0 Å². The summed E-state index contributed by atoms with van der Waals surface area (Å²) in [5.74, 6) is 0.00796. The van der Waals surface area contributed by atoms with Gasteiger partial charge in [0, 0.05) is 6.07 Å². The summed E-state index contributed by atoms with van der Waals surface area (Å²) in [6.07, 6.45) is -1.92. The number of furan rings is 1. The standard InChI is InChI=1S/C13H7F3N4O4/c14-13(15,16)12-6-9(11-2-1-5-24-11)19(17-12)10-7-18(21)4-3-8(10)20(22)23/h1-7H. The number of nitro groups is 1. The summed E-state index contributed by atoms with van der Waals surface area (Å²) in [6.45, 7) is 0. The maximum absolute atomic E-state index is 13.0. The van der Waals surface area contributed by atoms with Crippen molar-refractivity contribution in [2.75, 3.05) is 0 Å². The molecule has 8 nitrogen and oxygen atoms in total. The lowest BCUT2D eigenvalue weighted by Gasteiger charge is -2.06. The molecule has 0 saturated carbocycles. The molecule has 11 heteroatoms. The van der Waals surface area contributed by atoms with Crippen molar-refractivity contribution in [3.63, 3.8) is 0 Å². The van der Waals surface area contributed by atoms with Crippen LogP contribution in [0.5, 0.6) is 0 Å². The van der Waals surface area contributed by atoms with Crippen LogP contribution in [0.4, 0.5) is 18.9 Å². The molecule has 0 fully saturated rings. The zero-order valence-electron chi connectivity index (χ0n) is 11.6. The highest BCUT2D eigenvalue weighted by Gasteiger charge is 2.37. The van der Waals surface area contributed by atoms with Crippen molar-refractivity contribution in [1.29, 1.82) is 0 Å². The largest absolute Gasteiger partial charge is 0.619 e. The molecule has 124 valence electrons. The Balaban J connectivity index is 2.30. The minimum Gasteiger partial charge on any atom is -0.619 e.